The van der Waals surface area contributed by atoms with Gasteiger partial charge in [0.1, 0.15) is 6.54 Å². The quantitative estimate of drug-likeness (QED) is 0.820. The minimum absolute atomic E-state index is 0.0482. The van der Waals surface area contributed by atoms with E-state index in [1.165, 1.54) is 16.8 Å². The van der Waals surface area contributed by atoms with Gasteiger partial charge in [0.15, 0.2) is 0 Å². The first-order valence-corrected chi connectivity index (χ1v) is 4.79. The zero-order valence-corrected chi connectivity index (χ0v) is 8.95. The number of nitrogens with zero attached hydrogens (tertiary/aromatic N) is 3. The fourth-order valence-corrected chi connectivity index (χ4v) is 1.32. The zero-order chi connectivity index (χ0) is 12.4. The van der Waals surface area contributed by atoms with Crippen molar-refractivity contribution >= 4 is 5.97 Å². The molecule has 2 heterocycles. The van der Waals surface area contributed by atoms with Crippen molar-refractivity contribution in [3.05, 3.63) is 46.0 Å². The summed E-state index contributed by atoms with van der Waals surface area (Å²) in [6.45, 7) is 1.77. The highest BCUT2D eigenvalue weighted by atomic mass is 16.4. The molecule has 0 saturated heterocycles. The number of hydrogen-bond donors (Lipinski definition) is 1. The van der Waals surface area contributed by atoms with Gasteiger partial charge in [-0.2, -0.15) is 0 Å². The number of aromatic nitrogens is 3. The van der Waals surface area contributed by atoms with Crippen LogP contribution in [0.4, 0.5) is 0 Å². The largest absolute Gasteiger partial charge is 0.478 e. The van der Waals surface area contributed by atoms with Crippen molar-refractivity contribution in [3.8, 4) is 0 Å². The fourth-order valence-electron chi connectivity index (χ4n) is 1.32. The summed E-state index contributed by atoms with van der Waals surface area (Å²) in [6, 6.07) is 2.39. The Balaban J connectivity index is 2.28. The van der Waals surface area contributed by atoms with Crippen LogP contribution in [0.2, 0.25) is 0 Å². The molecule has 0 spiro atoms. The minimum atomic E-state index is -1.14. The number of rotatable bonds is 3. The number of hydrogen-bond acceptors (Lipinski definition) is 5. The molecule has 2 aromatic rings. The highest BCUT2D eigenvalue weighted by Gasteiger charge is 2.08. The molecule has 0 bridgehead atoms. The van der Waals surface area contributed by atoms with Crippen molar-refractivity contribution in [3.63, 3.8) is 0 Å². The molecular weight excluding hydrogens is 226 g/mol. The Morgan fingerprint density at radius 1 is 1.53 bits per heavy atom. The topological polar surface area (TPSA) is 98.2 Å². The molecule has 0 amide bonds. The molecule has 0 radical (unpaired) electrons. The van der Waals surface area contributed by atoms with Crippen molar-refractivity contribution in [2.45, 2.75) is 13.5 Å². The first-order chi connectivity index (χ1) is 8.06. The molecule has 0 aliphatic rings. The highest BCUT2D eigenvalue weighted by molar-refractivity contribution is 5.87. The number of carboxylic acid groups (broad SMARTS) is 1. The summed E-state index contributed by atoms with van der Waals surface area (Å²) in [5.41, 5.74) is -0.478. The van der Waals surface area contributed by atoms with E-state index < -0.39 is 11.5 Å². The fraction of sp³-hybridized carbons (Fsp3) is 0.200. The molecule has 7 heteroatoms. The summed E-state index contributed by atoms with van der Waals surface area (Å²) in [7, 11) is 0. The summed E-state index contributed by atoms with van der Waals surface area (Å²) in [5.74, 6) is -0.425. The maximum absolute atomic E-state index is 11.6. The van der Waals surface area contributed by atoms with Gasteiger partial charge in [0.05, 0.1) is 5.56 Å². The predicted molar refractivity (Wildman–Crippen MR) is 55.8 cm³/mol. The zero-order valence-electron chi connectivity index (χ0n) is 8.95. The number of aromatic carboxylic acids is 1. The van der Waals surface area contributed by atoms with E-state index in [4.69, 9.17) is 9.52 Å². The molecule has 0 aliphatic heterocycles. The highest BCUT2D eigenvalue weighted by Crippen LogP contribution is 2.01. The van der Waals surface area contributed by atoms with Crippen LogP contribution < -0.4 is 5.56 Å². The van der Waals surface area contributed by atoms with Crippen LogP contribution in [0.1, 0.15) is 22.1 Å². The Bertz CT molecular complexity index is 614. The Labute approximate surface area is 95.3 Å². The molecule has 0 aromatic carbocycles. The molecule has 1 N–H and O–H groups in total. The number of carboxylic acids is 1. The van der Waals surface area contributed by atoms with Crippen LogP contribution in [0.25, 0.3) is 0 Å². The maximum atomic E-state index is 11.6. The summed E-state index contributed by atoms with van der Waals surface area (Å²) in [4.78, 5) is 22.2. The van der Waals surface area contributed by atoms with Gasteiger partial charge in [-0.05, 0) is 6.07 Å². The Kier molecular flexibility index (Phi) is 2.73. The van der Waals surface area contributed by atoms with Crippen LogP contribution >= 0.6 is 0 Å². The molecular formula is C10H9N3O4. The van der Waals surface area contributed by atoms with Crippen molar-refractivity contribution in [1.29, 1.82) is 0 Å². The molecule has 88 valence electrons. The number of carbonyl (C=O) groups is 1. The monoisotopic (exact) mass is 235 g/mol. The molecule has 0 fully saturated rings. The van der Waals surface area contributed by atoms with Crippen LogP contribution in [-0.4, -0.2) is 25.8 Å². The van der Waals surface area contributed by atoms with E-state index in [-0.39, 0.29) is 12.1 Å². The van der Waals surface area contributed by atoms with Gasteiger partial charge in [0.2, 0.25) is 11.8 Å². The third-order valence-electron chi connectivity index (χ3n) is 2.12. The third kappa shape index (κ3) is 2.39. The standard InChI is InChI=1S/C10H9N3O4/c1-6-11-12-8(17-6)5-13-3-2-7(10(15)16)4-9(13)14/h2-4H,5H2,1H3,(H,15,16). The van der Waals surface area contributed by atoms with Gasteiger partial charge in [0.25, 0.3) is 5.56 Å². The number of pyridine rings is 1. The van der Waals surface area contributed by atoms with Gasteiger partial charge in [-0.1, -0.05) is 0 Å². The summed E-state index contributed by atoms with van der Waals surface area (Å²) >= 11 is 0. The SMILES string of the molecule is Cc1nnc(Cn2ccc(C(=O)O)cc2=O)o1. The van der Waals surface area contributed by atoms with Crippen LogP contribution in [0.5, 0.6) is 0 Å². The Hall–Kier alpha value is -2.44. The molecule has 0 saturated carbocycles. The predicted octanol–water partition coefficient (Wildman–Crippen LogP) is 0.286. The first kappa shape index (κ1) is 11.1. The second-order valence-electron chi connectivity index (χ2n) is 3.40. The van der Waals surface area contributed by atoms with E-state index in [1.807, 2.05) is 0 Å². The average molecular weight is 235 g/mol. The second kappa shape index (κ2) is 4.20. The first-order valence-electron chi connectivity index (χ1n) is 4.79. The van der Waals surface area contributed by atoms with E-state index in [2.05, 4.69) is 10.2 Å². The van der Waals surface area contributed by atoms with E-state index in [0.29, 0.717) is 11.8 Å². The lowest BCUT2D eigenvalue weighted by molar-refractivity contribution is 0.0696. The van der Waals surface area contributed by atoms with Gasteiger partial charge in [-0.3, -0.25) is 4.79 Å². The number of aryl methyl sites for hydroxylation is 1. The molecule has 0 unspecified atom stereocenters. The van der Waals surface area contributed by atoms with E-state index in [0.717, 1.165) is 6.07 Å². The molecule has 2 aromatic heterocycles. The lowest BCUT2D eigenvalue weighted by Gasteiger charge is -2.01. The van der Waals surface area contributed by atoms with Gasteiger partial charge in [-0.15, -0.1) is 10.2 Å². The normalized spacial score (nSPS) is 10.4. The van der Waals surface area contributed by atoms with Crippen LogP contribution in [0, 0.1) is 6.92 Å². The van der Waals surface area contributed by atoms with E-state index in [1.54, 1.807) is 6.92 Å². The van der Waals surface area contributed by atoms with Crippen molar-refractivity contribution in [2.24, 2.45) is 0 Å². The van der Waals surface area contributed by atoms with E-state index >= 15 is 0 Å². The summed E-state index contributed by atoms with van der Waals surface area (Å²) in [6.07, 6.45) is 1.38. The Morgan fingerprint density at radius 3 is 2.82 bits per heavy atom. The maximum Gasteiger partial charge on any atom is 0.335 e. The molecule has 0 aliphatic carbocycles. The van der Waals surface area contributed by atoms with Crippen molar-refractivity contribution < 1.29 is 14.3 Å². The van der Waals surface area contributed by atoms with Crippen LogP contribution in [-0.2, 0) is 6.54 Å². The van der Waals surface area contributed by atoms with Crippen LogP contribution in [0.3, 0.4) is 0 Å². The van der Waals surface area contributed by atoms with E-state index in [9.17, 15) is 9.59 Å². The van der Waals surface area contributed by atoms with Crippen LogP contribution in [0.15, 0.2) is 27.5 Å². The van der Waals surface area contributed by atoms with Gasteiger partial charge in [-0.25, -0.2) is 4.79 Å². The summed E-state index contributed by atoms with van der Waals surface area (Å²) < 4.78 is 6.41. The van der Waals surface area contributed by atoms with Gasteiger partial charge >= 0.3 is 5.97 Å². The molecule has 0 atom stereocenters. The summed E-state index contributed by atoms with van der Waals surface area (Å²) in [5, 5.41) is 16.1. The van der Waals surface area contributed by atoms with Crippen molar-refractivity contribution in [1.82, 2.24) is 14.8 Å². The second-order valence-corrected chi connectivity index (χ2v) is 3.40. The average Bonchev–Trinajstić information content (AvgIpc) is 2.67. The third-order valence-corrected chi connectivity index (χ3v) is 2.12. The molecule has 2 rings (SSSR count). The molecule has 17 heavy (non-hydrogen) atoms. The van der Waals surface area contributed by atoms with Gasteiger partial charge in [0, 0.05) is 19.2 Å². The minimum Gasteiger partial charge on any atom is -0.478 e. The Morgan fingerprint density at radius 2 is 2.29 bits per heavy atom. The lowest BCUT2D eigenvalue weighted by atomic mass is 10.3. The smallest absolute Gasteiger partial charge is 0.335 e. The van der Waals surface area contributed by atoms with Gasteiger partial charge < -0.3 is 14.1 Å². The molecule has 7 nitrogen and oxygen atoms in total. The lowest BCUT2D eigenvalue weighted by Crippen LogP contribution is -2.20. The van der Waals surface area contributed by atoms with Crippen molar-refractivity contribution in [2.75, 3.05) is 0 Å².